The second-order valence-electron chi connectivity index (χ2n) is 6.91. The molecule has 0 bridgehead atoms. The van der Waals surface area contributed by atoms with E-state index in [1.54, 1.807) is 11.3 Å². The summed E-state index contributed by atoms with van der Waals surface area (Å²) in [6.07, 6.45) is 0. The zero-order valence-corrected chi connectivity index (χ0v) is 18.7. The molecular formula is C25H19ClO6S. The molecule has 1 aromatic heterocycles. The van der Waals surface area contributed by atoms with Crippen LogP contribution in [-0.4, -0.2) is 11.1 Å². The van der Waals surface area contributed by atoms with Gasteiger partial charge in [-0.05, 0) is 35.4 Å². The van der Waals surface area contributed by atoms with Crippen LogP contribution in [0.25, 0.3) is 20.9 Å². The molecule has 1 atom stereocenters. The van der Waals surface area contributed by atoms with E-state index in [9.17, 15) is 9.90 Å². The summed E-state index contributed by atoms with van der Waals surface area (Å²) in [5.41, 5.74) is 3.74. The van der Waals surface area contributed by atoms with E-state index in [0.717, 1.165) is 32.0 Å². The molecule has 4 aromatic rings. The van der Waals surface area contributed by atoms with E-state index in [1.807, 2.05) is 78.9 Å². The Kier molecular flexibility index (Phi) is 8.24. The van der Waals surface area contributed by atoms with Crippen molar-refractivity contribution < 1.29 is 38.8 Å². The van der Waals surface area contributed by atoms with Crippen molar-refractivity contribution in [3.05, 3.63) is 114 Å². The molecule has 3 aromatic carbocycles. The fourth-order valence-electron chi connectivity index (χ4n) is 3.30. The van der Waals surface area contributed by atoms with Gasteiger partial charge in [0.15, 0.2) is 0 Å². The summed E-state index contributed by atoms with van der Waals surface area (Å²) in [6.45, 7) is 0. The van der Waals surface area contributed by atoms with E-state index >= 15 is 0 Å². The third-order valence-electron chi connectivity index (χ3n) is 4.65. The standard InChI is InChI=1S/C25H18O2S.ClHO4/c26-25(27)24(20-14-8-3-9-15-20)21-16-22(18-10-4-1-5-11-18)28-23(17-21)19-12-6-2-7-13-19;2-1(3,4)5/h1-17,24H;(H,2,3,4,5). The van der Waals surface area contributed by atoms with Gasteiger partial charge in [0.05, 0.1) is 0 Å². The van der Waals surface area contributed by atoms with Gasteiger partial charge < -0.3 is 5.11 Å². The molecule has 0 spiro atoms. The minimum atomic E-state index is -4.94. The summed E-state index contributed by atoms with van der Waals surface area (Å²) < 4.78 is 34.0. The van der Waals surface area contributed by atoms with Crippen LogP contribution in [0.5, 0.6) is 0 Å². The van der Waals surface area contributed by atoms with Crippen molar-refractivity contribution in [2.75, 3.05) is 0 Å². The van der Waals surface area contributed by atoms with E-state index in [4.69, 9.17) is 18.6 Å². The van der Waals surface area contributed by atoms with Crippen molar-refractivity contribution in [3.63, 3.8) is 0 Å². The number of hydrogen-bond donors (Lipinski definition) is 1. The van der Waals surface area contributed by atoms with Gasteiger partial charge in [-0.3, -0.25) is 4.79 Å². The quantitative estimate of drug-likeness (QED) is 0.432. The summed E-state index contributed by atoms with van der Waals surface area (Å²) in [7, 11) is -4.94. The van der Waals surface area contributed by atoms with Gasteiger partial charge in [0.25, 0.3) is 0 Å². The maximum Gasteiger partial charge on any atom is 0.315 e. The average molecular weight is 483 g/mol. The molecule has 4 rings (SSSR count). The van der Waals surface area contributed by atoms with Crippen LogP contribution in [0.15, 0.2) is 103 Å². The molecule has 1 unspecified atom stereocenters. The SMILES string of the molecule is O=C(O)C(c1ccccc1)c1cc(-c2ccccc2)[s+]c(-c2ccccc2)c1.[O-][Cl+3]([O-])([O-])[O-]. The zero-order valence-electron chi connectivity index (χ0n) is 17.2. The van der Waals surface area contributed by atoms with Crippen molar-refractivity contribution in [2.24, 2.45) is 0 Å². The van der Waals surface area contributed by atoms with Crippen LogP contribution in [0, 0.1) is 10.2 Å². The molecule has 0 saturated heterocycles. The third-order valence-corrected chi connectivity index (χ3v) is 5.79. The van der Waals surface area contributed by atoms with Crippen molar-refractivity contribution in [3.8, 4) is 20.9 Å². The summed E-state index contributed by atoms with van der Waals surface area (Å²) in [5, 5.41) is 10.0. The molecule has 1 heterocycles. The van der Waals surface area contributed by atoms with E-state index in [-0.39, 0.29) is 0 Å². The predicted octanol–water partition coefficient (Wildman–Crippen LogP) is 1.82. The van der Waals surface area contributed by atoms with E-state index in [1.165, 1.54) is 0 Å². The average Bonchev–Trinajstić information content (AvgIpc) is 2.80. The first-order chi connectivity index (χ1) is 15.7. The van der Waals surface area contributed by atoms with Crippen LogP contribution in [-0.2, 0) is 4.79 Å². The van der Waals surface area contributed by atoms with Gasteiger partial charge in [0, 0.05) is 23.3 Å². The molecule has 0 radical (unpaired) electrons. The number of rotatable bonds is 5. The van der Waals surface area contributed by atoms with Gasteiger partial charge in [0.2, 0.25) is 21.1 Å². The molecule has 0 aliphatic carbocycles. The second kappa shape index (κ2) is 11.1. The number of carboxylic acids is 1. The van der Waals surface area contributed by atoms with Gasteiger partial charge in [-0.15, -0.1) is 10.2 Å². The maximum atomic E-state index is 12.2. The summed E-state index contributed by atoms with van der Waals surface area (Å²) in [5.74, 6) is -1.56. The van der Waals surface area contributed by atoms with Crippen LogP contribution in [0.2, 0.25) is 0 Å². The Labute approximate surface area is 197 Å². The molecule has 8 heteroatoms. The monoisotopic (exact) mass is 482 g/mol. The predicted molar refractivity (Wildman–Crippen MR) is 116 cm³/mol. The molecule has 0 fully saturated rings. The Hall–Kier alpha value is -3.17. The highest BCUT2D eigenvalue weighted by Gasteiger charge is 2.27. The van der Waals surface area contributed by atoms with Crippen LogP contribution in [0.1, 0.15) is 17.0 Å². The number of halogens is 1. The van der Waals surface area contributed by atoms with E-state index in [0.29, 0.717) is 0 Å². The molecular weight excluding hydrogens is 464 g/mol. The lowest BCUT2D eigenvalue weighted by molar-refractivity contribution is -2.00. The molecule has 0 aliphatic heterocycles. The number of hydrogen-bond acceptors (Lipinski definition) is 5. The molecule has 1 N–H and O–H groups in total. The van der Waals surface area contributed by atoms with E-state index < -0.39 is 22.1 Å². The molecule has 33 heavy (non-hydrogen) atoms. The number of benzene rings is 3. The first kappa shape index (κ1) is 24.5. The molecule has 168 valence electrons. The lowest BCUT2D eigenvalue weighted by atomic mass is 9.91. The van der Waals surface area contributed by atoms with Gasteiger partial charge in [-0.1, -0.05) is 66.7 Å². The first-order valence-corrected chi connectivity index (χ1v) is 11.8. The van der Waals surface area contributed by atoms with Crippen LogP contribution in [0.3, 0.4) is 0 Å². The van der Waals surface area contributed by atoms with Crippen molar-refractivity contribution in [1.82, 2.24) is 0 Å². The van der Waals surface area contributed by atoms with Gasteiger partial charge in [0.1, 0.15) is 5.92 Å². The fourth-order valence-corrected chi connectivity index (χ4v) is 4.44. The van der Waals surface area contributed by atoms with Crippen LogP contribution in [0.4, 0.5) is 0 Å². The second-order valence-corrected chi connectivity index (χ2v) is 8.75. The number of carboxylic acid groups (broad SMARTS) is 1. The third kappa shape index (κ3) is 7.44. The normalized spacial score (nSPS) is 11.8. The summed E-state index contributed by atoms with van der Waals surface area (Å²) in [6, 6.07) is 33.7. The molecule has 0 amide bonds. The Balaban J connectivity index is 0.000000555. The molecule has 0 aliphatic rings. The highest BCUT2D eigenvalue weighted by atomic mass is 35.7. The Morgan fingerprint density at radius 2 is 1.03 bits per heavy atom. The van der Waals surface area contributed by atoms with E-state index in [2.05, 4.69) is 24.3 Å². The fraction of sp³-hybridized carbons (Fsp3) is 0.0400. The van der Waals surface area contributed by atoms with Crippen molar-refractivity contribution in [2.45, 2.75) is 5.92 Å². The lowest BCUT2D eigenvalue weighted by Crippen LogP contribution is -2.68. The van der Waals surface area contributed by atoms with Crippen LogP contribution < -0.4 is 18.6 Å². The van der Waals surface area contributed by atoms with Crippen LogP contribution >= 0.6 is 11.3 Å². The van der Waals surface area contributed by atoms with Gasteiger partial charge in [-0.25, -0.2) is 18.6 Å². The summed E-state index contributed by atoms with van der Waals surface area (Å²) in [4.78, 5) is 14.3. The van der Waals surface area contributed by atoms with Gasteiger partial charge in [-0.2, -0.15) is 0 Å². The van der Waals surface area contributed by atoms with Gasteiger partial charge >= 0.3 is 5.97 Å². The first-order valence-electron chi connectivity index (χ1n) is 9.71. The van der Waals surface area contributed by atoms with Crippen molar-refractivity contribution >= 4 is 17.3 Å². The Morgan fingerprint density at radius 3 is 1.39 bits per heavy atom. The largest absolute Gasteiger partial charge is 0.481 e. The molecule has 0 saturated carbocycles. The number of carbonyl (C=O) groups is 1. The van der Waals surface area contributed by atoms with Crippen molar-refractivity contribution in [1.29, 1.82) is 0 Å². The Morgan fingerprint density at radius 1 is 0.667 bits per heavy atom. The number of aliphatic carboxylic acids is 1. The highest BCUT2D eigenvalue weighted by Crippen LogP contribution is 2.37. The maximum absolute atomic E-state index is 12.2. The molecule has 6 nitrogen and oxygen atoms in total. The highest BCUT2D eigenvalue weighted by molar-refractivity contribution is 7.18. The minimum absolute atomic E-state index is 0.709. The topological polar surface area (TPSA) is 130 Å². The lowest BCUT2D eigenvalue weighted by Gasteiger charge is -2.17. The smallest absolute Gasteiger partial charge is 0.315 e. The Bertz CT molecular complexity index is 1120. The summed E-state index contributed by atoms with van der Waals surface area (Å²) >= 11 is 1.67. The zero-order chi connectivity index (χ0) is 23.8. The minimum Gasteiger partial charge on any atom is -0.481 e.